The summed E-state index contributed by atoms with van der Waals surface area (Å²) >= 11 is 0. The molecular weight excluding hydrogens is 899 g/mol. The van der Waals surface area contributed by atoms with Gasteiger partial charge in [-0.15, -0.1) is 0 Å². The molecule has 4 nitrogen and oxygen atoms in total. The lowest BCUT2D eigenvalue weighted by Gasteiger charge is -2.31. The van der Waals surface area contributed by atoms with E-state index in [0.717, 1.165) is 63.1 Å². The lowest BCUT2D eigenvalue weighted by atomic mass is 9.93. The van der Waals surface area contributed by atoms with Crippen molar-refractivity contribution in [3.8, 4) is 22.6 Å². The van der Waals surface area contributed by atoms with E-state index in [-0.39, 0.29) is 6.10 Å². The Morgan fingerprint density at radius 1 is 0.378 bits per heavy atom. The minimum absolute atomic E-state index is 0.0111. The first-order chi connectivity index (χ1) is 36.7. The molecule has 15 rings (SSSR count). The van der Waals surface area contributed by atoms with Crippen LogP contribution >= 0.6 is 0 Å². The van der Waals surface area contributed by atoms with Gasteiger partial charge in [0.15, 0.2) is 0 Å². The second kappa shape index (κ2) is 17.0. The smallest absolute Gasteiger partial charge is 0.128 e. The molecule has 0 bridgehead atoms. The average molecular weight is 946 g/mol. The molecule has 4 heteroatoms. The molecule has 0 saturated carbocycles. The quantitative estimate of drug-likeness (QED) is 0.142. The van der Waals surface area contributed by atoms with Crippen molar-refractivity contribution in [1.82, 2.24) is 4.57 Å². The molecule has 0 spiro atoms. The zero-order chi connectivity index (χ0) is 48.7. The van der Waals surface area contributed by atoms with E-state index in [4.69, 9.17) is 4.74 Å². The molecule has 0 amide bonds. The maximum atomic E-state index is 6.47. The molecule has 1 aliphatic heterocycles. The van der Waals surface area contributed by atoms with E-state index in [0.29, 0.717) is 0 Å². The van der Waals surface area contributed by atoms with Crippen LogP contribution in [0.2, 0.25) is 0 Å². The van der Waals surface area contributed by atoms with E-state index >= 15 is 0 Å². The van der Waals surface area contributed by atoms with Crippen molar-refractivity contribution in [2.45, 2.75) is 12.5 Å². The molecule has 2 heterocycles. The van der Waals surface area contributed by atoms with Crippen molar-refractivity contribution in [3.05, 3.63) is 278 Å². The number of hydrogen-bond acceptors (Lipinski definition) is 3. The molecule has 1 aliphatic carbocycles. The van der Waals surface area contributed by atoms with Crippen LogP contribution in [-0.2, 0) is 0 Å². The van der Waals surface area contributed by atoms with Gasteiger partial charge < -0.3 is 19.1 Å². The van der Waals surface area contributed by atoms with Gasteiger partial charge in [-0.1, -0.05) is 182 Å². The van der Waals surface area contributed by atoms with Gasteiger partial charge in [0.25, 0.3) is 0 Å². The third-order valence-corrected chi connectivity index (χ3v) is 15.4. The number of nitrogens with zero attached hydrogens (tertiary/aromatic N) is 3. The molecule has 1 aromatic heterocycles. The maximum absolute atomic E-state index is 6.47. The summed E-state index contributed by atoms with van der Waals surface area (Å²) in [5, 5.41) is 12.2. The number of para-hydroxylation sites is 3. The van der Waals surface area contributed by atoms with E-state index in [1.807, 2.05) is 0 Å². The third kappa shape index (κ3) is 6.76. The standard InChI is InChI=1S/C70H47N3O/c1-2-18-50(19-3-1)73-65-28-14-12-26-61(65)63-44-53(38-40-66(63)73)71(67-42-48-16-4-6-20-55(48)57-22-8-10-24-59(57)67)51-34-30-46(31-35-51)47-32-36-52(37-33-47)72(54-39-41-70-64(45-54)62-27-13-15-29-69(62)74-70)68-43-49-17-5-7-21-56(49)58-23-9-11-25-60(58)68/h1-40,42-45,70H,41H2. The molecule has 0 radical (unpaired) electrons. The van der Waals surface area contributed by atoms with Crippen LogP contribution in [0.1, 0.15) is 12.0 Å². The summed E-state index contributed by atoms with van der Waals surface area (Å²) < 4.78 is 8.85. The minimum Gasteiger partial charge on any atom is -0.485 e. The van der Waals surface area contributed by atoms with E-state index in [1.165, 1.54) is 76.0 Å². The number of fused-ring (bicyclic) bond motifs is 12. The summed E-state index contributed by atoms with van der Waals surface area (Å²) in [7, 11) is 0. The van der Waals surface area contributed by atoms with Gasteiger partial charge in [0.05, 0.1) is 22.4 Å². The molecule has 2 aliphatic rings. The summed E-state index contributed by atoms with van der Waals surface area (Å²) in [6.07, 6.45) is 5.50. The van der Waals surface area contributed by atoms with E-state index in [1.54, 1.807) is 0 Å². The summed E-state index contributed by atoms with van der Waals surface area (Å²) in [5.41, 5.74) is 14.9. The Morgan fingerprint density at radius 3 is 1.54 bits per heavy atom. The lowest BCUT2D eigenvalue weighted by Crippen LogP contribution is -2.21. The number of rotatable bonds is 8. The Bertz CT molecular complexity index is 4430. The Hall–Kier alpha value is -9.64. The van der Waals surface area contributed by atoms with Crippen LogP contribution in [-0.4, -0.2) is 10.7 Å². The van der Waals surface area contributed by atoms with Crippen molar-refractivity contribution < 1.29 is 4.74 Å². The van der Waals surface area contributed by atoms with Crippen LogP contribution in [0.3, 0.4) is 0 Å². The number of aromatic nitrogens is 1. The van der Waals surface area contributed by atoms with Crippen LogP contribution in [0, 0.1) is 0 Å². The molecule has 13 aromatic rings. The first-order valence-electron chi connectivity index (χ1n) is 25.6. The van der Waals surface area contributed by atoms with Crippen molar-refractivity contribution in [2.75, 3.05) is 9.80 Å². The minimum atomic E-state index is 0.0111. The van der Waals surface area contributed by atoms with E-state index < -0.39 is 0 Å². The molecule has 1 atom stereocenters. The predicted octanol–water partition coefficient (Wildman–Crippen LogP) is 18.8. The molecule has 1 unspecified atom stereocenters. The summed E-state index contributed by atoms with van der Waals surface area (Å²) in [5.74, 6) is 0.957. The SMILES string of the molecule is C1=C2c3ccccc3OC2CC=C1N(c1ccc(-c2ccc(N(c3ccc4c(c3)c3ccccc3n4-c3ccccc3)c3cc4ccccc4c4ccccc34)cc2)cc1)c1cc2ccccc2c2ccccc12. The highest BCUT2D eigenvalue weighted by atomic mass is 16.5. The van der Waals surface area contributed by atoms with Crippen LogP contribution in [0.5, 0.6) is 5.75 Å². The zero-order valence-corrected chi connectivity index (χ0v) is 40.4. The van der Waals surface area contributed by atoms with Gasteiger partial charge in [0, 0.05) is 67.5 Å². The van der Waals surface area contributed by atoms with Crippen LogP contribution in [0.25, 0.3) is 87.3 Å². The normalized spacial score (nSPS) is 14.0. The first-order valence-corrected chi connectivity index (χ1v) is 25.6. The largest absolute Gasteiger partial charge is 0.485 e. The molecule has 12 aromatic carbocycles. The fourth-order valence-electron chi connectivity index (χ4n) is 12.0. The molecule has 0 fully saturated rings. The first kappa shape index (κ1) is 42.1. The highest BCUT2D eigenvalue weighted by Gasteiger charge is 2.32. The Labute approximate surface area is 429 Å². The summed E-state index contributed by atoms with van der Waals surface area (Å²) in [6, 6.07) is 93.0. The highest BCUT2D eigenvalue weighted by Crippen LogP contribution is 2.48. The Kier molecular flexibility index (Phi) is 9.67. The fraction of sp³-hybridized carbons (Fsp3) is 0.0286. The van der Waals surface area contributed by atoms with Gasteiger partial charge in [0.1, 0.15) is 11.9 Å². The number of allylic oxidation sites excluding steroid dienone is 1. The predicted molar refractivity (Wildman–Crippen MR) is 311 cm³/mol. The number of anilines is 5. The van der Waals surface area contributed by atoms with Crippen molar-refractivity contribution in [3.63, 3.8) is 0 Å². The van der Waals surface area contributed by atoms with Gasteiger partial charge in [0.2, 0.25) is 0 Å². The van der Waals surface area contributed by atoms with Gasteiger partial charge >= 0.3 is 0 Å². The molecule has 348 valence electrons. The monoisotopic (exact) mass is 945 g/mol. The highest BCUT2D eigenvalue weighted by molar-refractivity contribution is 6.17. The molecule has 74 heavy (non-hydrogen) atoms. The Balaban J connectivity index is 0.856. The van der Waals surface area contributed by atoms with Crippen LogP contribution < -0.4 is 14.5 Å². The van der Waals surface area contributed by atoms with Crippen molar-refractivity contribution >= 4 is 98.9 Å². The molecule has 0 saturated heterocycles. The summed E-state index contributed by atoms with van der Waals surface area (Å²) in [4.78, 5) is 4.90. The third-order valence-electron chi connectivity index (χ3n) is 15.4. The fourth-order valence-corrected chi connectivity index (χ4v) is 12.0. The molecular formula is C70H47N3O. The second-order valence-electron chi connectivity index (χ2n) is 19.5. The summed E-state index contributed by atoms with van der Waals surface area (Å²) in [6.45, 7) is 0. The maximum Gasteiger partial charge on any atom is 0.128 e. The van der Waals surface area contributed by atoms with Crippen LogP contribution in [0.4, 0.5) is 28.4 Å². The topological polar surface area (TPSA) is 20.6 Å². The average Bonchev–Trinajstić information content (AvgIpc) is 4.01. The van der Waals surface area contributed by atoms with Gasteiger partial charge in [-0.25, -0.2) is 0 Å². The van der Waals surface area contributed by atoms with E-state index in [2.05, 4.69) is 281 Å². The number of benzene rings is 12. The van der Waals surface area contributed by atoms with Gasteiger partial charge in [-0.05, 0) is 128 Å². The Morgan fingerprint density at radius 2 is 0.878 bits per heavy atom. The van der Waals surface area contributed by atoms with E-state index in [9.17, 15) is 0 Å². The van der Waals surface area contributed by atoms with Crippen molar-refractivity contribution in [1.29, 1.82) is 0 Å². The van der Waals surface area contributed by atoms with Crippen LogP contribution in [0.15, 0.2) is 273 Å². The van der Waals surface area contributed by atoms with Gasteiger partial charge in [-0.3, -0.25) is 0 Å². The number of hydrogen-bond donors (Lipinski definition) is 0. The molecule has 0 N–H and O–H groups in total. The second-order valence-corrected chi connectivity index (χ2v) is 19.5. The zero-order valence-electron chi connectivity index (χ0n) is 40.4. The lowest BCUT2D eigenvalue weighted by molar-refractivity contribution is 0.278. The van der Waals surface area contributed by atoms with Gasteiger partial charge in [-0.2, -0.15) is 0 Å². The number of ether oxygens (including phenoxy) is 1. The van der Waals surface area contributed by atoms with Crippen molar-refractivity contribution in [2.24, 2.45) is 0 Å².